The number of para-hydroxylation sites is 1. The summed E-state index contributed by atoms with van der Waals surface area (Å²) in [5.41, 5.74) is 7.65. The summed E-state index contributed by atoms with van der Waals surface area (Å²) in [7, 11) is 0. The molecule has 0 aromatic heterocycles. The maximum atomic E-state index is 6.08. The van der Waals surface area contributed by atoms with E-state index in [2.05, 4.69) is 26.1 Å². The Kier molecular flexibility index (Phi) is 7.88. The number of hydrogen-bond acceptors (Lipinski definition) is 4. The van der Waals surface area contributed by atoms with Crippen molar-refractivity contribution in [3.63, 3.8) is 0 Å². The maximum Gasteiger partial charge on any atom is 0.144 e. The first-order valence-electron chi connectivity index (χ1n) is 7.48. The Morgan fingerprint density at radius 1 is 1.20 bits per heavy atom. The third kappa shape index (κ3) is 6.15. The monoisotopic (exact) mass is 280 g/mol. The van der Waals surface area contributed by atoms with Crippen LogP contribution in [0, 0.1) is 5.92 Å². The lowest BCUT2D eigenvalue weighted by Gasteiger charge is -2.14. The second kappa shape index (κ2) is 9.48. The van der Waals surface area contributed by atoms with E-state index in [4.69, 9.17) is 15.2 Å². The quantitative estimate of drug-likeness (QED) is 0.508. The molecule has 20 heavy (non-hydrogen) atoms. The van der Waals surface area contributed by atoms with E-state index in [1.54, 1.807) is 0 Å². The molecular formula is C16H28N2O2. The summed E-state index contributed by atoms with van der Waals surface area (Å²) in [6.45, 7) is 9.41. The highest BCUT2D eigenvalue weighted by Crippen LogP contribution is 2.29. The van der Waals surface area contributed by atoms with E-state index in [1.807, 2.05) is 18.2 Å². The molecule has 4 heteroatoms. The van der Waals surface area contributed by atoms with Gasteiger partial charge in [0.05, 0.1) is 24.6 Å². The van der Waals surface area contributed by atoms with Crippen molar-refractivity contribution < 1.29 is 9.47 Å². The van der Waals surface area contributed by atoms with Gasteiger partial charge in [0, 0.05) is 13.2 Å². The summed E-state index contributed by atoms with van der Waals surface area (Å²) in [4.78, 5) is 0. The first-order chi connectivity index (χ1) is 9.65. The van der Waals surface area contributed by atoms with Crippen LogP contribution in [0.3, 0.4) is 0 Å². The molecule has 0 atom stereocenters. The van der Waals surface area contributed by atoms with E-state index in [9.17, 15) is 0 Å². The van der Waals surface area contributed by atoms with Gasteiger partial charge in [-0.3, -0.25) is 0 Å². The largest absolute Gasteiger partial charge is 0.491 e. The topological polar surface area (TPSA) is 56.5 Å². The number of nitrogens with one attached hydrogen (secondary N) is 1. The van der Waals surface area contributed by atoms with Crippen molar-refractivity contribution in [1.82, 2.24) is 0 Å². The van der Waals surface area contributed by atoms with Gasteiger partial charge in [0.1, 0.15) is 5.75 Å². The Hall–Kier alpha value is -1.42. The average molecular weight is 280 g/mol. The number of nitrogens with two attached hydrogens (primary N) is 1. The van der Waals surface area contributed by atoms with Gasteiger partial charge in [0.25, 0.3) is 0 Å². The fourth-order valence-corrected chi connectivity index (χ4v) is 1.72. The minimum atomic E-state index is 0.670. The maximum absolute atomic E-state index is 6.08. The molecule has 0 bridgehead atoms. The lowest BCUT2D eigenvalue weighted by Crippen LogP contribution is -2.12. The van der Waals surface area contributed by atoms with E-state index in [1.165, 1.54) is 0 Å². The molecule has 4 nitrogen and oxygen atoms in total. The molecule has 0 aliphatic heterocycles. The number of hydrogen-bond donors (Lipinski definition) is 2. The Morgan fingerprint density at radius 2 is 2.00 bits per heavy atom. The third-order valence-corrected chi connectivity index (χ3v) is 2.93. The van der Waals surface area contributed by atoms with Crippen molar-refractivity contribution in [3.8, 4) is 5.75 Å². The molecule has 0 fully saturated rings. The molecule has 1 aromatic carbocycles. The molecule has 0 saturated heterocycles. The summed E-state index contributed by atoms with van der Waals surface area (Å²) in [5.74, 6) is 1.43. The first-order valence-corrected chi connectivity index (χ1v) is 7.48. The molecule has 0 spiro atoms. The number of benzene rings is 1. The minimum Gasteiger partial charge on any atom is -0.491 e. The third-order valence-electron chi connectivity index (χ3n) is 2.93. The van der Waals surface area contributed by atoms with E-state index in [0.29, 0.717) is 24.8 Å². The average Bonchev–Trinajstić information content (AvgIpc) is 2.42. The van der Waals surface area contributed by atoms with E-state index in [0.717, 1.165) is 37.4 Å². The normalized spacial score (nSPS) is 10.8. The second-order valence-corrected chi connectivity index (χ2v) is 5.29. The van der Waals surface area contributed by atoms with Crippen LogP contribution in [0.15, 0.2) is 18.2 Å². The Bertz CT molecular complexity index is 381. The lowest BCUT2D eigenvalue weighted by atomic mass is 10.1. The highest BCUT2D eigenvalue weighted by molar-refractivity contribution is 5.72. The number of ether oxygens (including phenoxy) is 2. The van der Waals surface area contributed by atoms with Gasteiger partial charge in [0.2, 0.25) is 0 Å². The molecule has 1 aromatic rings. The predicted molar refractivity (Wildman–Crippen MR) is 85.4 cm³/mol. The zero-order valence-corrected chi connectivity index (χ0v) is 12.9. The summed E-state index contributed by atoms with van der Waals surface area (Å²) in [6, 6.07) is 5.81. The summed E-state index contributed by atoms with van der Waals surface area (Å²) >= 11 is 0. The molecule has 0 saturated carbocycles. The van der Waals surface area contributed by atoms with Crippen LogP contribution in [0.1, 0.15) is 33.6 Å². The molecule has 0 unspecified atom stereocenters. The second-order valence-electron chi connectivity index (χ2n) is 5.29. The van der Waals surface area contributed by atoms with E-state index in [-0.39, 0.29) is 0 Å². The fraction of sp³-hybridized carbons (Fsp3) is 0.625. The zero-order chi connectivity index (χ0) is 14.8. The van der Waals surface area contributed by atoms with Gasteiger partial charge in [-0.25, -0.2) is 0 Å². The Labute approximate surface area is 122 Å². The minimum absolute atomic E-state index is 0.670. The van der Waals surface area contributed by atoms with Crippen molar-refractivity contribution in [3.05, 3.63) is 18.2 Å². The van der Waals surface area contributed by atoms with Gasteiger partial charge in [-0.2, -0.15) is 0 Å². The van der Waals surface area contributed by atoms with Crippen LogP contribution in [-0.4, -0.2) is 26.4 Å². The van der Waals surface area contributed by atoms with Gasteiger partial charge < -0.3 is 20.5 Å². The summed E-state index contributed by atoms with van der Waals surface area (Å²) < 4.78 is 11.2. The standard InChI is InChI=1S/C16H28N2O2/c1-4-10-20-15-7-5-6-14(16(15)17)18-9-12-19-11-8-13(2)3/h5-7,13,18H,4,8-12,17H2,1-3H3. The van der Waals surface area contributed by atoms with E-state index < -0.39 is 0 Å². The summed E-state index contributed by atoms with van der Waals surface area (Å²) in [6.07, 6.45) is 2.07. The van der Waals surface area contributed by atoms with Gasteiger partial charge >= 0.3 is 0 Å². The van der Waals surface area contributed by atoms with Crippen molar-refractivity contribution >= 4 is 11.4 Å². The van der Waals surface area contributed by atoms with Crippen LogP contribution >= 0.6 is 0 Å². The Morgan fingerprint density at radius 3 is 2.70 bits per heavy atom. The molecule has 114 valence electrons. The predicted octanol–water partition coefficient (Wildman–Crippen LogP) is 3.53. The van der Waals surface area contributed by atoms with Crippen LogP contribution in [0.2, 0.25) is 0 Å². The molecule has 0 heterocycles. The van der Waals surface area contributed by atoms with Crippen molar-refractivity contribution in [1.29, 1.82) is 0 Å². The van der Waals surface area contributed by atoms with Gasteiger partial charge in [-0.1, -0.05) is 26.8 Å². The van der Waals surface area contributed by atoms with Crippen LogP contribution in [0.5, 0.6) is 5.75 Å². The van der Waals surface area contributed by atoms with E-state index >= 15 is 0 Å². The van der Waals surface area contributed by atoms with Crippen LogP contribution in [0.25, 0.3) is 0 Å². The number of rotatable bonds is 10. The van der Waals surface area contributed by atoms with Crippen LogP contribution < -0.4 is 15.8 Å². The van der Waals surface area contributed by atoms with Crippen molar-refractivity contribution in [2.75, 3.05) is 37.4 Å². The first kappa shape index (κ1) is 16.6. The smallest absolute Gasteiger partial charge is 0.144 e. The number of nitrogen functional groups attached to an aromatic ring is 1. The lowest BCUT2D eigenvalue weighted by molar-refractivity contribution is 0.132. The molecule has 1 rings (SSSR count). The molecule has 0 radical (unpaired) electrons. The molecular weight excluding hydrogens is 252 g/mol. The van der Waals surface area contributed by atoms with Crippen molar-refractivity contribution in [2.45, 2.75) is 33.6 Å². The summed E-state index contributed by atoms with van der Waals surface area (Å²) in [5, 5.41) is 3.29. The van der Waals surface area contributed by atoms with Gasteiger partial charge in [-0.15, -0.1) is 0 Å². The van der Waals surface area contributed by atoms with Gasteiger partial charge in [0.15, 0.2) is 0 Å². The molecule has 3 N–H and O–H groups in total. The van der Waals surface area contributed by atoms with Crippen LogP contribution in [-0.2, 0) is 4.74 Å². The molecule has 0 aliphatic rings. The van der Waals surface area contributed by atoms with Crippen molar-refractivity contribution in [2.24, 2.45) is 5.92 Å². The van der Waals surface area contributed by atoms with Crippen LogP contribution in [0.4, 0.5) is 11.4 Å². The molecule has 0 amide bonds. The zero-order valence-electron chi connectivity index (χ0n) is 12.9. The fourth-order valence-electron chi connectivity index (χ4n) is 1.72. The SMILES string of the molecule is CCCOc1cccc(NCCOCCC(C)C)c1N. The number of anilines is 2. The molecule has 0 aliphatic carbocycles. The highest BCUT2D eigenvalue weighted by Gasteiger charge is 2.05. The van der Waals surface area contributed by atoms with Gasteiger partial charge in [-0.05, 0) is 30.9 Å². The highest BCUT2D eigenvalue weighted by atomic mass is 16.5. The Balaban J connectivity index is 2.32.